The second-order valence-corrected chi connectivity index (χ2v) is 5.72. The van der Waals surface area contributed by atoms with Gasteiger partial charge < -0.3 is 15.3 Å². The molecule has 0 radical (unpaired) electrons. The van der Waals surface area contributed by atoms with E-state index in [0.717, 1.165) is 25.4 Å². The SMILES string of the molecule is CCC(C)(CO)CNCC1CCCN(C)C1. The molecule has 0 saturated carbocycles. The summed E-state index contributed by atoms with van der Waals surface area (Å²) in [4.78, 5) is 2.42. The molecule has 3 heteroatoms. The van der Waals surface area contributed by atoms with Gasteiger partial charge in [-0.05, 0) is 45.3 Å². The predicted octanol–water partition coefficient (Wildman–Crippen LogP) is 1.33. The molecule has 0 aliphatic carbocycles. The maximum atomic E-state index is 9.32. The van der Waals surface area contributed by atoms with Gasteiger partial charge >= 0.3 is 0 Å². The number of hydrogen-bond acceptors (Lipinski definition) is 3. The molecule has 1 aliphatic heterocycles. The summed E-state index contributed by atoms with van der Waals surface area (Å²) >= 11 is 0. The van der Waals surface area contributed by atoms with Gasteiger partial charge in [0.05, 0.1) is 0 Å². The lowest BCUT2D eigenvalue weighted by Crippen LogP contribution is -2.41. The highest BCUT2D eigenvalue weighted by Gasteiger charge is 2.22. The number of rotatable bonds is 6. The number of likely N-dealkylation sites (tertiary alicyclic amines) is 1. The smallest absolute Gasteiger partial charge is 0.0496 e. The lowest BCUT2D eigenvalue weighted by atomic mass is 9.88. The third kappa shape index (κ3) is 4.40. The van der Waals surface area contributed by atoms with Gasteiger partial charge in [0.25, 0.3) is 0 Å². The molecule has 1 rings (SSSR count). The molecule has 2 N–H and O–H groups in total. The van der Waals surface area contributed by atoms with Gasteiger partial charge in [-0.25, -0.2) is 0 Å². The van der Waals surface area contributed by atoms with Crippen LogP contribution in [0, 0.1) is 11.3 Å². The lowest BCUT2D eigenvalue weighted by molar-refractivity contribution is 0.130. The van der Waals surface area contributed by atoms with Gasteiger partial charge in [-0.15, -0.1) is 0 Å². The first-order chi connectivity index (χ1) is 7.59. The molecule has 3 nitrogen and oxygen atoms in total. The number of nitrogens with zero attached hydrogens (tertiary/aromatic N) is 1. The molecule has 1 fully saturated rings. The Morgan fingerprint density at radius 3 is 2.81 bits per heavy atom. The van der Waals surface area contributed by atoms with Crippen LogP contribution < -0.4 is 5.32 Å². The normalized spacial score (nSPS) is 26.6. The Hall–Kier alpha value is -0.120. The molecular weight excluding hydrogens is 200 g/mol. The van der Waals surface area contributed by atoms with Crippen molar-refractivity contribution in [2.24, 2.45) is 11.3 Å². The summed E-state index contributed by atoms with van der Waals surface area (Å²) in [6, 6.07) is 0. The summed E-state index contributed by atoms with van der Waals surface area (Å²) in [7, 11) is 2.20. The fourth-order valence-electron chi connectivity index (χ4n) is 2.31. The minimum absolute atomic E-state index is 0.0561. The molecule has 1 aliphatic rings. The highest BCUT2D eigenvalue weighted by molar-refractivity contribution is 4.77. The molecule has 16 heavy (non-hydrogen) atoms. The number of nitrogens with one attached hydrogen (secondary N) is 1. The van der Waals surface area contributed by atoms with Crippen molar-refractivity contribution < 1.29 is 5.11 Å². The Bertz CT molecular complexity index is 192. The maximum absolute atomic E-state index is 9.32. The molecule has 1 heterocycles. The average Bonchev–Trinajstić information content (AvgIpc) is 2.29. The zero-order valence-electron chi connectivity index (χ0n) is 11.1. The lowest BCUT2D eigenvalue weighted by Gasteiger charge is -2.32. The van der Waals surface area contributed by atoms with E-state index in [9.17, 15) is 5.11 Å². The number of piperidine rings is 1. The summed E-state index contributed by atoms with van der Waals surface area (Å²) in [5.41, 5.74) is 0.0561. The quantitative estimate of drug-likeness (QED) is 0.720. The molecule has 0 bridgehead atoms. The standard InChI is InChI=1S/C13H28N2O/c1-4-13(2,11-16)10-14-8-12-6-5-7-15(3)9-12/h12,14,16H,4-11H2,1-3H3. The van der Waals surface area contributed by atoms with E-state index >= 15 is 0 Å². The van der Waals surface area contributed by atoms with Crippen LogP contribution in [0.4, 0.5) is 0 Å². The highest BCUT2D eigenvalue weighted by Crippen LogP contribution is 2.19. The van der Waals surface area contributed by atoms with Crippen molar-refractivity contribution in [2.45, 2.75) is 33.1 Å². The van der Waals surface area contributed by atoms with Crippen molar-refractivity contribution in [1.82, 2.24) is 10.2 Å². The van der Waals surface area contributed by atoms with E-state index < -0.39 is 0 Å². The zero-order chi connectivity index (χ0) is 12.0. The zero-order valence-corrected chi connectivity index (χ0v) is 11.1. The highest BCUT2D eigenvalue weighted by atomic mass is 16.3. The van der Waals surface area contributed by atoms with E-state index in [1.165, 1.54) is 25.9 Å². The van der Waals surface area contributed by atoms with E-state index in [4.69, 9.17) is 0 Å². The van der Waals surface area contributed by atoms with Crippen LogP contribution in [0.3, 0.4) is 0 Å². The van der Waals surface area contributed by atoms with Crippen molar-refractivity contribution in [3.63, 3.8) is 0 Å². The van der Waals surface area contributed by atoms with Crippen LogP contribution in [-0.4, -0.2) is 49.8 Å². The van der Waals surface area contributed by atoms with E-state index in [-0.39, 0.29) is 12.0 Å². The molecule has 0 aromatic heterocycles. The Labute approximate surface area is 100 Å². The Balaban J connectivity index is 2.19. The third-order valence-corrected chi connectivity index (χ3v) is 3.94. The molecule has 0 spiro atoms. The Morgan fingerprint density at radius 2 is 2.25 bits per heavy atom. The predicted molar refractivity (Wildman–Crippen MR) is 68.6 cm³/mol. The first-order valence-corrected chi connectivity index (χ1v) is 6.60. The van der Waals surface area contributed by atoms with Crippen molar-refractivity contribution in [1.29, 1.82) is 0 Å². The van der Waals surface area contributed by atoms with Crippen LogP contribution in [0.15, 0.2) is 0 Å². The van der Waals surface area contributed by atoms with Crippen molar-refractivity contribution in [2.75, 3.05) is 39.8 Å². The van der Waals surface area contributed by atoms with Crippen LogP contribution in [-0.2, 0) is 0 Å². The van der Waals surface area contributed by atoms with E-state index in [2.05, 4.69) is 31.1 Å². The molecule has 0 amide bonds. The Morgan fingerprint density at radius 1 is 1.50 bits per heavy atom. The van der Waals surface area contributed by atoms with Gasteiger partial charge in [-0.3, -0.25) is 0 Å². The van der Waals surface area contributed by atoms with E-state index in [0.29, 0.717) is 0 Å². The topological polar surface area (TPSA) is 35.5 Å². The summed E-state index contributed by atoms with van der Waals surface area (Å²) in [6.45, 7) is 9.06. The summed E-state index contributed by atoms with van der Waals surface area (Å²) in [5, 5.41) is 12.8. The number of aliphatic hydroxyl groups excluding tert-OH is 1. The molecule has 2 atom stereocenters. The Kier molecular flexibility index (Phi) is 5.73. The number of aliphatic hydroxyl groups is 1. The average molecular weight is 228 g/mol. The largest absolute Gasteiger partial charge is 0.396 e. The third-order valence-electron chi connectivity index (χ3n) is 3.94. The van der Waals surface area contributed by atoms with Gasteiger partial charge in [-0.1, -0.05) is 13.8 Å². The monoisotopic (exact) mass is 228 g/mol. The summed E-state index contributed by atoms with van der Waals surface area (Å²) in [5.74, 6) is 0.790. The van der Waals surface area contributed by atoms with Gasteiger partial charge in [0.2, 0.25) is 0 Å². The fourth-order valence-corrected chi connectivity index (χ4v) is 2.31. The fraction of sp³-hybridized carbons (Fsp3) is 1.00. The first-order valence-electron chi connectivity index (χ1n) is 6.60. The molecular formula is C13H28N2O. The molecule has 1 saturated heterocycles. The minimum atomic E-state index is 0.0561. The maximum Gasteiger partial charge on any atom is 0.0496 e. The van der Waals surface area contributed by atoms with E-state index in [1.54, 1.807) is 0 Å². The number of hydrogen-bond donors (Lipinski definition) is 2. The van der Waals surface area contributed by atoms with Crippen molar-refractivity contribution in [3.05, 3.63) is 0 Å². The van der Waals surface area contributed by atoms with Gasteiger partial charge in [0, 0.05) is 25.1 Å². The minimum Gasteiger partial charge on any atom is -0.396 e. The van der Waals surface area contributed by atoms with Gasteiger partial charge in [0.15, 0.2) is 0 Å². The van der Waals surface area contributed by atoms with Gasteiger partial charge in [0.1, 0.15) is 0 Å². The van der Waals surface area contributed by atoms with Crippen LogP contribution in [0.1, 0.15) is 33.1 Å². The summed E-state index contributed by atoms with van der Waals surface area (Å²) < 4.78 is 0. The molecule has 0 aromatic carbocycles. The molecule has 96 valence electrons. The van der Waals surface area contributed by atoms with Crippen molar-refractivity contribution in [3.8, 4) is 0 Å². The summed E-state index contributed by atoms with van der Waals surface area (Å²) in [6.07, 6.45) is 3.70. The molecule has 0 aromatic rings. The van der Waals surface area contributed by atoms with Crippen LogP contribution in [0.25, 0.3) is 0 Å². The van der Waals surface area contributed by atoms with Crippen LogP contribution in [0.5, 0.6) is 0 Å². The van der Waals surface area contributed by atoms with Crippen LogP contribution >= 0.6 is 0 Å². The van der Waals surface area contributed by atoms with Crippen molar-refractivity contribution >= 4 is 0 Å². The van der Waals surface area contributed by atoms with E-state index in [1.807, 2.05) is 0 Å². The first kappa shape index (κ1) is 13.9. The molecule has 2 unspecified atom stereocenters. The second kappa shape index (κ2) is 6.58. The van der Waals surface area contributed by atoms with Crippen LogP contribution in [0.2, 0.25) is 0 Å². The second-order valence-electron chi connectivity index (χ2n) is 5.72. The van der Waals surface area contributed by atoms with Gasteiger partial charge in [-0.2, -0.15) is 0 Å².